The molecule has 0 radical (unpaired) electrons. The smallest absolute Gasteiger partial charge is 0.163 e. The number of allylic oxidation sites excluding steroid dienone is 2. The van der Waals surface area contributed by atoms with E-state index in [0.29, 0.717) is 17.5 Å². The van der Waals surface area contributed by atoms with Crippen molar-refractivity contribution in [3.05, 3.63) is 210 Å². The summed E-state index contributed by atoms with van der Waals surface area (Å²) in [4.78, 5) is 16.2. The maximum atomic E-state index is 6.81. The molecule has 12 rings (SSSR count). The summed E-state index contributed by atoms with van der Waals surface area (Å²) in [7, 11) is 0. The van der Waals surface area contributed by atoms with Crippen LogP contribution in [0.2, 0.25) is 0 Å². The van der Waals surface area contributed by atoms with Gasteiger partial charge in [0.15, 0.2) is 11.6 Å². The molecule has 0 N–H and O–H groups in total. The molecule has 2 aliphatic rings. The fourth-order valence-corrected chi connectivity index (χ4v) is 10.2. The van der Waals surface area contributed by atoms with Crippen molar-refractivity contribution in [2.45, 2.75) is 37.6 Å². The normalized spacial score (nSPS) is 18.0. The average molecular weight is 799 g/mol. The number of rotatable bonds is 6. The second-order valence-corrected chi connectivity index (χ2v) is 16.9. The maximum Gasteiger partial charge on any atom is 0.163 e. The Bertz CT molecular complexity index is 3290. The van der Waals surface area contributed by atoms with Crippen LogP contribution in [0.4, 0.5) is 0 Å². The number of hydrogen-bond acceptors (Lipinski definition) is 4. The molecule has 2 aliphatic carbocycles. The molecule has 10 aromatic rings. The van der Waals surface area contributed by atoms with Gasteiger partial charge in [0.1, 0.15) is 17.3 Å². The van der Waals surface area contributed by atoms with E-state index in [2.05, 4.69) is 200 Å². The lowest BCUT2D eigenvalue weighted by atomic mass is 9.71. The Hall–Kier alpha value is -7.63. The van der Waals surface area contributed by atoms with Gasteiger partial charge in [-0.2, -0.15) is 0 Å². The fourth-order valence-electron chi connectivity index (χ4n) is 10.2. The van der Waals surface area contributed by atoms with Crippen molar-refractivity contribution < 1.29 is 4.42 Å². The second-order valence-electron chi connectivity index (χ2n) is 16.9. The summed E-state index contributed by atoms with van der Waals surface area (Å²) in [6.45, 7) is 4.71. The number of para-hydroxylation sites is 1. The van der Waals surface area contributed by atoms with Crippen LogP contribution >= 0.6 is 0 Å². The minimum absolute atomic E-state index is 0.263. The van der Waals surface area contributed by atoms with Crippen LogP contribution in [0, 0.1) is 0 Å². The van der Waals surface area contributed by atoms with E-state index in [-0.39, 0.29) is 11.8 Å². The SMILES string of the molecule is CC1CC=Cc2oc3c(c21)C(C)(n1c2ccccc2c2cc4ccccc4cc21)C(c1nc(-c2ccc(-c4ccccc4)cc2)nc(-c2ccc(-c4ccccc4)cc2)n1)C=C3. The molecule has 0 spiro atoms. The number of aromatic nitrogens is 4. The first-order valence-electron chi connectivity index (χ1n) is 21.5. The summed E-state index contributed by atoms with van der Waals surface area (Å²) in [6.07, 6.45) is 9.78. The van der Waals surface area contributed by atoms with Gasteiger partial charge in [0.05, 0.1) is 17.0 Å². The summed E-state index contributed by atoms with van der Waals surface area (Å²) < 4.78 is 9.39. The van der Waals surface area contributed by atoms with Crippen molar-refractivity contribution in [3.63, 3.8) is 0 Å². The third-order valence-electron chi connectivity index (χ3n) is 13.2. The molecule has 5 heteroatoms. The van der Waals surface area contributed by atoms with E-state index in [9.17, 15) is 0 Å². The topological polar surface area (TPSA) is 56.7 Å². The predicted octanol–water partition coefficient (Wildman–Crippen LogP) is 14.5. The Kier molecular flexibility index (Phi) is 8.33. The van der Waals surface area contributed by atoms with Gasteiger partial charge in [-0.15, -0.1) is 0 Å². The van der Waals surface area contributed by atoms with Crippen LogP contribution in [0.5, 0.6) is 0 Å². The van der Waals surface area contributed by atoms with Crippen LogP contribution in [-0.2, 0) is 5.54 Å². The quantitative estimate of drug-likeness (QED) is 0.168. The Morgan fingerprint density at radius 1 is 0.532 bits per heavy atom. The molecule has 7 aromatic carbocycles. The van der Waals surface area contributed by atoms with E-state index >= 15 is 0 Å². The van der Waals surface area contributed by atoms with Gasteiger partial charge >= 0.3 is 0 Å². The van der Waals surface area contributed by atoms with E-state index in [1.807, 2.05) is 12.1 Å². The highest BCUT2D eigenvalue weighted by molar-refractivity contribution is 6.13. The fraction of sp³-hybridized carbons (Fsp3) is 0.105. The standard InChI is InChI=1S/C57H42N4O/c1-36-14-13-23-50-52(36)53-51(62-50)33-32-47(57(53,2)61-48-22-12-11-21-45(48)46-34-43-19-9-10-20-44(43)35-49(46)61)56-59-54(41-28-24-39(25-29-41)37-15-5-3-6-16-37)58-55(60-56)42-30-26-40(27-31-42)38-17-7-4-8-18-38/h3-13,15-36,47H,14H2,1-2H3. The van der Waals surface area contributed by atoms with Crippen molar-refractivity contribution in [1.82, 2.24) is 19.5 Å². The van der Waals surface area contributed by atoms with Gasteiger partial charge in [0.25, 0.3) is 0 Å². The zero-order valence-electron chi connectivity index (χ0n) is 34.5. The van der Waals surface area contributed by atoms with Crippen LogP contribution in [0.15, 0.2) is 186 Å². The summed E-state index contributed by atoms with van der Waals surface area (Å²) in [5.74, 6) is 3.75. The van der Waals surface area contributed by atoms with Gasteiger partial charge in [0.2, 0.25) is 0 Å². The molecule has 3 unspecified atom stereocenters. The minimum atomic E-state index is -0.728. The van der Waals surface area contributed by atoms with Crippen molar-refractivity contribution in [2.24, 2.45) is 0 Å². The van der Waals surface area contributed by atoms with Gasteiger partial charge in [0, 0.05) is 38.5 Å². The molecule has 0 fully saturated rings. The van der Waals surface area contributed by atoms with E-state index < -0.39 is 5.54 Å². The Balaban J connectivity index is 1.11. The van der Waals surface area contributed by atoms with E-state index in [4.69, 9.17) is 19.4 Å². The third-order valence-corrected chi connectivity index (χ3v) is 13.2. The molecule has 296 valence electrons. The molecule has 3 heterocycles. The first-order valence-corrected chi connectivity index (χ1v) is 21.5. The molecule has 5 nitrogen and oxygen atoms in total. The van der Waals surface area contributed by atoms with E-state index in [1.165, 1.54) is 43.8 Å². The Morgan fingerprint density at radius 2 is 1.08 bits per heavy atom. The third kappa shape index (κ3) is 5.72. The van der Waals surface area contributed by atoms with Crippen LogP contribution in [0.25, 0.3) is 89.8 Å². The second kappa shape index (κ2) is 14.2. The van der Waals surface area contributed by atoms with Gasteiger partial charge in [-0.25, -0.2) is 15.0 Å². The highest BCUT2D eigenvalue weighted by Crippen LogP contribution is 2.54. The molecule has 3 atom stereocenters. The van der Waals surface area contributed by atoms with Crippen molar-refractivity contribution in [2.75, 3.05) is 0 Å². The Labute approximate surface area is 360 Å². The molecule has 0 saturated carbocycles. The van der Waals surface area contributed by atoms with Crippen LogP contribution in [-0.4, -0.2) is 19.5 Å². The molecule has 0 bridgehead atoms. The molecule has 0 aliphatic heterocycles. The molecular weight excluding hydrogens is 757 g/mol. The molecule has 3 aromatic heterocycles. The van der Waals surface area contributed by atoms with Crippen molar-refractivity contribution >= 4 is 44.7 Å². The highest BCUT2D eigenvalue weighted by atomic mass is 16.3. The molecule has 0 amide bonds. The molecular formula is C57H42N4O. The highest BCUT2D eigenvalue weighted by Gasteiger charge is 2.49. The van der Waals surface area contributed by atoms with Crippen molar-refractivity contribution in [3.8, 4) is 45.0 Å². The lowest BCUT2D eigenvalue weighted by Gasteiger charge is -2.41. The summed E-state index contributed by atoms with van der Waals surface area (Å²) in [5.41, 5.74) is 10.5. The zero-order valence-corrected chi connectivity index (χ0v) is 34.5. The number of fused-ring (bicyclic) bond motifs is 7. The van der Waals surface area contributed by atoms with Crippen molar-refractivity contribution in [1.29, 1.82) is 0 Å². The lowest BCUT2D eigenvalue weighted by molar-refractivity contribution is 0.351. The largest absolute Gasteiger partial charge is 0.457 e. The number of benzene rings is 7. The number of nitrogens with zero attached hydrogens (tertiary/aromatic N) is 4. The Morgan fingerprint density at radius 3 is 1.73 bits per heavy atom. The first kappa shape index (κ1) is 36.2. The van der Waals surface area contributed by atoms with E-state index in [1.54, 1.807) is 0 Å². The summed E-state index contributed by atoms with van der Waals surface area (Å²) in [5, 5.41) is 4.85. The maximum absolute atomic E-state index is 6.81. The lowest BCUT2D eigenvalue weighted by Crippen LogP contribution is -2.41. The minimum Gasteiger partial charge on any atom is -0.457 e. The van der Waals surface area contributed by atoms with Gasteiger partial charge in [-0.3, -0.25) is 0 Å². The summed E-state index contributed by atoms with van der Waals surface area (Å²) in [6, 6.07) is 60.4. The molecule has 62 heavy (non-hydrogen) atoms. The summed E-state index contributed by atoms with van der Waals surface area (Å²) >= 11 is 0. The van der Waals surface area contributed by atoms with Crippen LogP contribution in [0.3, 0.4) is 0 Å². The first-order chi connectivity index (χ1) is 30.5. The van der Waals surface area contributed by atoms with Gasteiger partial charge in [-0.1, -0.05) is 171 Å². The number of hydrogen-bond donors (Lipinski definition) is 0. The monoisotopic (exact) mass is 798 g/mol. The van der Waals surface area contributed by atoms with Gasteiger partial charge in [-0.05, 0) is 82.6 Å². The average Bonchev–Trinajstić information content (AvgIpc) is 3.89. The molecule has 0 saturated heterocycles. The number of furan rings is 1. The van der Waals surface area contributed by atoms with Crippen LogP contribution in [0.1, 0.15) is 60.6 Å². The van der Waals surface area contributed by atoms with Crippen LogP contribution < -0.4 is 0 Å². The zero-order chi connectivity index (χ0) is 41.4. The van der Waals surface area contributed by atoms with E-state index in [0.717, 1.165) is 51.2 Å². The van der Waals surface area contributed by atoms with Gasteiger partial charge < -0.3 is 8.98 Å². The predicted molar refractivity (Wildman–Crippen MR) is 254 cm³/mol.